The fraction of sp³-hybridized carbons (Fsp3) is 0.200. The highest BCUT2D eigenvalue weighted by atomic mass is 19.1. The zero-order valence-electron chi connectivity index (χ0n) is 8.74. The second-order valence-corrected chi connectivity index (χ2v) is 2.79. The number of methoxy groups -OCH3 is 2. The highest BCUT2D eigenvalue weighted by Gasteiger charge is 2.16. The van der Waals surface area contributed by atoms with E-state index in [1.54, 1.807) is 0 Å². The van der Waals surface area contributed by atoms with E-state index in [1.807, 2.05) is 0 Å². The highest BCUT2D eigenvalue weighted by molar-refractivity contribution is 6.37. The third-order valence-electron chi connectivity index (χ3n) is 1.79. The molecule has 0 spiro atoms. The molecule has 0 heterocycles. The average Bonchev–Trinajstić information content (AvgIpc) is 2.30. The molecule has 0 aliphatic carbocycles. The van der Waals surface area contributed by atoms with Crippen LogP contribution in [-0.2, 0) is 14.3 Å². The van der Waals surface area contributed by atoms with Gasteiger partial charge in [0.15, 0.2) is 0 Å². The van der Waals surface area contributed by atoms with E-state index in [0.29, 0.717) is 5.75 Å². The molecule has 86 valence electrons. The van der Waals surface area contributed by atoms with Gasteiger partial charge in [0.25, 0.3) is 0 Å². The number of halogens is 1. The summed E-state index contributed by atoms with van der Waals surface area (Å²) in [5.74, 6) is -2.45. The standard InChI is InChI=1S/C10H10FNO4/c1-15-6-3-4-7(11)8(5-6)12-9(13)10(14)16-2/h3-5H,1-2H3,(H,12,13). The summed E-state index contributed by atoms with van der Waals surface area (Å²) in [6.07, 6.45) is 0. The number of benzene rings is 1. The van der Waals surface area contributed by atoms with Gasteiger partial charge in [0.2, 0.25) is 0 Å². The van der Waals surface area contributed by atoms with E-state index in [-0.39, 0.29) is 5.69 Å². The van der Waals surface area contributed by atoms with Crippen molar-refractivity contribution in [3.63, 3.8) is 0 Å². The number of anilines is 1. The summed E-state index contributed by atoms with van der Waals surface area (Å²) in [5.41, 5.74) is -0.144. The van der Waals surface area contributed by atoms with E-state index in [4.69, 9.17) is 4.74 Å². The van der Waals surface area contributed by atoms with Gasteiger partial charge >= 0.3 is 11.9 Å². The van der Waals surface area contributed by atoms with E-state index < -0.39 is 17.7 Å². The quantitative estimate of drug-likeness (QED) is 0.603. The maximum atomic E-state index is 13.2. The van der Waals surface area contributed by atoms with Gasteiger partial charge < -0.3 is 14.8 Å². The van der Waals surface area contributed by atoms with Crippen LogP contribution in [-0.4, -0.2) is 26.1 Å². The van der Waals surface area contributed by atoms with Gasteiger partial charge in [-0.05, 0) is 12.1 Å². The van der Waals surface area contributed by atoms with Crippen molar-refractivity contribution in [1.82, 2.24) is 0 Å². The van der Waals surface area contributed by atoms with Crippen LogP contribution in [0.4, 0.5) is 10.1 Å². The second-order valence-electron chi connectivity index (χ2n) is 2.79. The second kappa shape index (κ2) is 5.11. The lowest BCUT2D eigenvalue weighted by molar-refractivity contribution is -0.150. The van der Waals surface area contributed by atoms with Crippen molar-refractivity contribution in [1.29, 1.82) is 0 Å². The molecule has 6 heteroatoms. The predicted molar refractivity (Wildman–Crippen MR) is 53.6 cm³/mol. The van der Waals surface area contributed by atoms with Crippen LogP contribution in [0.15, 0.2) is 18.2 Å². The molecule has 0 atom stereocenters. The Hall–Kier alpha value is -2.11. The molecule has 0 aliphatic rings. The van der Waals surface area contributed by atoms with Crippen LogP contribution >= 0.6 is 0 Å². The molecule has 0 bridgehead atoms. The van der Waals surface area contributed by atoms with Gasteiger partial charge in [0, 0.05) is 6.07 Å². The molecule has 0 radical (unpaired) electrons. The van der Waals surface area contributed by atoms with Gasteiger partial charge in [-0.15, -0.1) is 0 Å². The Labute approximate surface area is 91.2 Å². The molecule has 0 fully saturated rings. The third kappa shape index (κ3) is 2.69. The zero-order chi connectivity index (χ0) is 12.1. The molecule has 0 aromatic heterocycles. The summed E-state index contributed by atoms with van der Waals surface area (Å²) in [7, 11) is 2.46. The summed E-state index contributed by atoms with van der Waals surface area (Å²) in [4.78, 5) is 21.9. The number of ether oxygens (including phenoxy) is 2. The number of esters is 1. The van der Waals surface area contributed by atoms with Gasteiger partial charge in [0.1, 0.15) is 11.6 Å². The zero-order valence-corrected chi connectivity index (χ0v) is 8.74. The normalized spacial score (nSPS) is 9.44. The van der Waals surface area contributed by atoms with Crippen LogP contribution in [0.3, 0.4) is 0 Å². The van der Waals surface area contributed by atoms with Gasteiger partial charge in [-0.25, -0.2) is 9.18 Å². The van der Waals surface area contributed by atoms with E-state index in [1.165, 1.54) is 19.2 Å². The van der Waals surface area contributed by atoms with Crippen LogP contribution < -0.4 is 10.1 Å². The Kier molecular flexibility index (Phi) is 3.82. The summed E-state index contributed by atoms with van der Waals surface area (Å²) in [6.45, 7) is 0. The minimum absolute atomic E-state index is 0.144. The first-order chi connectivity index (χ1) is 7.58. The fourth-order valence-corrected chi connectivity index (χ4v) is 0.993. The largest absolute Gasteiger partial charge is 0.497 e. The molecule has 1 aromatic rings. The minimum atomic E-state index is -1.10. The first-order valence-corrected chi connectivity index (χ1v) is 4.31. The Morgan fingerprint density at radius 2 is 2.00 bits per heavy atom. The molecule has 1 rings (SSSR count). The van der Waals surface area contributed by atoms with Crippen molar-refractivity contribution in [2.45, 2.75) is 0 Å². The lowest BCUT2D eigenvalue weighted by atomic mass is 10.3. The van der Waals surface area contributed by atoms with Crippen molar-refractivity contribution < 1.29 is 23.5 Å². The monoisotopic (exact) mass is 227 g/mol. The van der Waals surface area contributed by atoms with Crippen molar-refractivity contribution in [3.8, 4) is 5.75 Å². The Morgan fingerprint density at radius 3 is 2.56 bits per heavy atom. The van der Waals surface area contributed by atoms with E-state index in [2.05, 4.69) is 10.1 Å². The Balaban J connectivity index is 2.88. The Morgan fingerprint density at radius 1 is 1.31 bits per heavy atom. The summed E-state index contributed by atoms with van der Waals surface area (Å²) in [6, 6.07) is 3.77. The molecule has 5 nitrogen and oxygen atoms in total. The van der Waals surface area contributed by atoms with Crippen LogP contribution in [0.2, 0.25) is 0 Å². The summed E-state index contributed by atoms with van der Waals surface area (Å²) < 4.78 is 22.2. The minimum Gasteiger partial charge on any atom is -0.497 e. The maximum absolute atomic E-state index is 13.2. The lowest BCUT2D eigenvalue weighted by Gasteiger charge is -2.06. The molecule has 0 saturated heterocycles. The van der Waals surface area contributed by atoms with Crippen LogP contribution in [0, 0.1) is 5.82 Å². The smallest absolute Gasteiger partial charge is 0.396 e. The van der Waals surface area contributed by atoms with Gasteiger partial charge in [-0.1, -0.05) is 0 Å². The van der Waals surface area contributed by atoms with Crippen molar-refractivity contribution in [3.05, 3.63) is 24.0 Å². The molecular formula is C10H10FNO4. The number of carbonyl (C=O) groups excluding carboxylic acids is 2. The van der Waals surface area contributed by atoms with Crippen molar-refractivity contribution >= 4 is 17.6 Å². The first-order valence-electron chi connectivity index (χ1n) is 4.31. The molecule has 1 amide bonds. The molecule has 0 aliphatic heterocycles. The molecular weight excluding hydrogens is 217 g/mol. The average molecular weight is 227 g/mol. The van der Waals surface area contributed by atoms with Gasteiger partial charge in [-0.3, -0.25) is 4.79 Å². The predicted octanol–water partition coefficient (Wildman–Crippen LogP) is 0.946. The van der Waals surface area contributed by atoms with Crippen LogP contribution in [0.25, 0.3) is 0 Å². The number of carbonyl (C=O) groups is 2. The summed E-state index contributed by atoms with van der Waals surface area (Å²) >= 11 is 0. The van der Waals surface area contributed by atoms with E-state index in [0.717, 1.165) is 13.2 Å². The molecule has 1 aromatic carbocycles. The van der Waals surface area contributed by atoms with Crippen LogP contribution in [0.1, 0.15) is 0 Å². The van der Waals surface area contributed by atoms with Crippen LogP contribution in [0.5, 0.6) is 5.75 Å². The first kappa shape index (κ1) is 12.0. The Bertz CT molecular complexity index is 419. The molecule has 16 heavy (non-hydrogen) atoms. The fourth-order valence-electron chi connectivity index (χ4n) is 0.993. The van der Waals surface area contributed by atoms with Crippen molar-refractivity contribution in [2.24, 2.45) is 0 Å². The molecule has 0 saturated carbocycles. The number of amides is 1. The number of hydrogen-bond acceptors (Lipinski definition) is 4. The van der Waals surface area contributed by atoms with E-state index >= 15 is 0 Å². The lowest BCUT2D eigenvalue weighted by Crippen LogP contribution is -2.24. The molecule has 0 unspecified atom stereocenters. The third-order valence-corrected chi connectivity index (χ3v) is 1.79. The van der Waals surface area contributed by atoms with Gasteiger partial charge in [-0.2, -0.15) is 0 Å². The topological polar surface area (TPSA) is 64.6 Å². The highest BCUT2D eigenvalue weighted by Crippen LogP contribution is 2.20. The van der Waals surface area contributed by atoms with Crippen molar-refractivity contribution in [2.75, 3.05) is 19.5 Å². The number of nitrogens with one attached hydrogen (secondary N) is 1. The maximum Gasteiger partial charge on any atom is 0.396 e. The van der Waals surface area contributed by atoms with E-state index in [9.17, 15) is 14.0 Å². The molecule has 1 N–H and O–H groups in total. The van der Waals surface area contributed by atoms with Gasteiger partial charge in [0.05, 0.1) is 19.9 Å². The number of rotatable bonds is 2. The summed E-state index contributed by atoms with van der Waals surface area (Å²) in [5, 5.41) is 2.07. The number of hydrogen-bond donors (Lipinski definition) is 1. The SMILES string of the molecule is COC(=O)C(=O)Nc1cc(OC)ccc1F.